The van der Waals surface area contributed by atoms with Gasteiger partial charge in [0.1, 0.15) is 0 Å². The van der Waals surface area contributed by atoms with Crippen LogP contribution in [-0.2, 0) is 15.6 Å². The van der Waals surface area contributed by atoms with Crippen molar-refractivity contribution in [2.45, 2.75) is 17.8 Å². The average molecular weight is 437 g/mol. The van der Waals surface area contributed by atoms with E-state index in [2.05, 4.69) is 0 Å². The zero-order chi connectivity index (χ0) is 19.3. The van der Waals surface area contributed by atoms with Crippen LogP contribution < -0.4 is 14.4 Å². The molecule has 1 saturated heterocycles. The molecule has 6 nitrogen and oxygen atoms in total. The standard InChI is InChI=1S/C19H17ClN2O4S2/c20-13-3-1-12(2-4-13)8-27-19-21-15-9-28(23,24)10-16(15)22(19)14-5-6-17-18(7-14)26-11-25-17/h1-7,15-16H,8-11H2/t15-,16-/m1/s1. The Morgan fingerprint density at radius 3 is 2.71 bits per heavy atom. The lowest BCUT2D eigenvalue weighted by molar-refractivity contribution is 0.174. The highest BCUT2D eigenvalue weighted by Crippen LogP contribution is 2.40. The van der Waals surface area contributed by atoms with Crippen molar-refractivity contribution in [1.29, 1.82) is 0 Å². The van der Waals surface area contributed by atoms with E-state index in [0.29, 0.717) is 16.5 Å². The Bertz CT molecular complexity index is 1060. The summed E-state index contributed by atoms with van der Waals surface area (Å²) in [5.74, 6) is 2.31. The second kappa shape index (κ2) is 6.86. The van der Waals surface area contributed by atoms with Crippen LogP contribution in [0.1, 0.15) is 5.56 Å². The maximum atomic E-state index is 12.2. The summed E-state index contributed by atoms with van der Waals surface area (Å²) in [5, 5.41) is 1.53. The van der Waals surface area contributed by atoms with Crippen molar-refractivity contribution in [1.82, 2.24) is 0 Å². The summed E-state index contributed by atoms with van der Waals surface area (Å²) in [7, 11) is -3.08. The van der Waals surface area contributed by atoms with Crippen molar-refractivity contribution in [3.8, 4) is 11.5 Å². The molecule has 0 N–H and O–H groups in total. The Kier molecular flexibility index (Phi) is 4.45. The summed E-state index contributed by atoms with van der Waals surface area (Å²) in [6, 6.07) is 13.0. The lowest BCUT2D eigenvalue weighted by atomic mass is 10.1. The van der Waals surface area contributed by atoms with Gasteiger partial charge < -0.3 is 14.4 Å². The van der Waals surface area contributed by atoms with E-state index in [4.69, 9.17) is 26.1 Å². The van der Waals surface area contributed by atoms with Gasteiger partial charge in [0.05, 0.1) is 23.6 Å². The van der Waals surface area contributed by atoms with Gasteiger partial charge in [0.2, 0.25) is 6.79 Å². The number of amidine groups is 1. The minimum Gasteiger partial charge on any atom is -0.454 e. The van der Waals surface area contributed by atoms with Crippen LogP contribution in [0.2, 0.25) is 5.02 Å². The number of fused-ring (bicyclic) bond motifs is 2. The van der Waals surface area contributed by atoms with Gasteiger partial charge in [0, 0.05) is 22.5 Å². The average Bonchev–Trinajstić information content (AvgIpc) is 3.32. The fourth-order valence-corrected chi connectivity index (χ4v) is 6.75. The summed E-state index contributed by atoms with van der Waals surface area (Å²) in [6.45, 7) is 0.200. The first-order valence-electron chi connectivity index (χ1n) is 8.83. The van der Waals surface area contributed by atoms with Gasteiger partial charge in [-0.05, 0) is 29.8 Å². The molecule has 3 heterocycles. The number of sulfone groups is 1. The first kappa shape index (κ1) is 18.1. The molecule has 1 fully saturated rings. The molecule has 0 amide bonds. The maximum Gasteiger partial charge on any atom is 0.231 e. The van der Waals surface area contributed by atoms with Gasteiger partial charge in [-0.2, -0.15) is 0 Å². The topological polar surface area (TPSA) is 68.2 Å². The Morgan fingerprint density at radius 1 is 1.11 bits per heavy atom. The number of thioether (sulfide) groups is 1. The monoisotopic (exact) mass is 436 g/mol. The van der Waals surface area contributed by atoms with Gasteiger partial charge >= 0.3 is 0 Å². The molecule has 2 aromatic carbocycles. The number of nitrogens with zero attached hydrogens (tertiary/aromatic N) is 2. The highest BCUT2D eigenvalue weighted by molar-refractivity contribution is 8.13. The van der Waals surface area contributed by atoms with Gasteiger partial charge in [-0.15, -0.1) is 0 Å². The number of aliphatic imine (C=N–C) groups is 1. The van der Waals surface area contributed by atoms with E-state index in [1.807, 2.05) is 47.4 Å². The lowest BCUT2D eigenvalue weighted by Crippen LogP contribution is -2.39. The van der Waals surface area contributed by atoms with E-state index in [9.17, 15) is 8.42 Å². The molecular weight excluding hydrogens is 420 g/mol. The molecule has 3 aliphatic heterocycles. The van der Waals surface area contributed by atoms with Crippen LogP contribution >= 0.6 is 23.4 Å². The van der Waals surface area contributed by atoms with Crippen LogP contribution in [0.3, 0.4) is 0 Å². The second-order valence-electron chi connectivity index (χ2n) is 6.95. The first-order valence-corrected chi connectivity index (χ1v) is 12.0. The molecule has 28 heavy (non-hydrogen) atoms. The zero-order valence-corrected chi connectivity index (χ0v) is 17.1. The molecule has 146 valence electrons. The van der Waals surface area contributed by atoms with E-state index < -0.39 is 9.84 Å². The van der Waals surface area contributed by atoms with Gasteiger partial charge in [0.25, 0.3) is 0 Å². The van der Waals surface area contributed by atoms with Crippen molar-refractivity contribution in [2.24, 2.45) is 4.99 Å². The van der Waals surface area contributed by atoms with Crippen molar-refractivity contribution >= 4 is 44.1 Å². The number of rotatable bonds is 3. The number of anilines is 1. The Balaban J connectivity index is 1.44. The lowest BCUT2D eigenvalue weighted by Gasteiger charge is -2.26. The van der Waals surface area contributed by atoms with E-state index in [1.165, 1.54) is 0 Å². The number of hydrogen-bond donors (Lipinski definition) is 0. The van der Waals surface area contributed by atoms with Crippen LogP contribution in [0.15, 0.2) is 47.5 Å². The largest absolute Gasteiger partial charge is 0.454 e. The Labute approximate surface area is 172 Å². The fraction of sp³-hybridized carbons (Fsp3) is 0.316. The second-order valence-corrected chi connectivity index (χ2v) is 10.5. The maximum absolute atomic E-state index is 12.2. The first-order chi connectivity index (χ1) is 13.5. The number of ether oxygens (including phenoxy) is 2. The molecule has 5 rings (SSSR count). The van der Waals surface area contributed by atoms with Gasteiger partial charge in [-0.25, -0.2) is 8.42 Å². The fourth-order valence-electron chi connectivity index (χ4n) is 3.70. The molecule has 0 radical (unpaired) electrons. The molecule has 9 heteroatoms. The summed E-state index contributed by atoms with van der Waals surface area (Å²) in [6.07, 6.45) is 0. The van der Waals surface area contributed by atoms with Crippen molar-refractivity contribution in [2.75, 3.05) is 23.2 Å². The molecule has 0 aromatic heterocycles. The normalized spacial score (nSPS) is 24.3. The van der Waals surface area contributed by atoms with Gasteiger partial charge in [0.15, 0.2) is 26.5 Å². The summed E-state index contributed by atoms with van der Waals surface area (Å²) >= 11 is 7.56. The van der Waals surface area contributed by atoms with E-state index in [1.54, 1.807) is 11.8 Å². The number of benzene rings is 2. The molecule has 0 bridgehead atoms. The molecule has 0 spiro atoms. The third kappa shape index (κ3) is 3.33. The molecular formula is C19H17ClN2O4S2. The minimum atomic E-state index is -3.08. The van der Waals surface area contributed by atoms with Gasteiger partial charge in [-0.1, -0.05) is 35.5 Å². The predicted octanol–water partition coefficient (Wildman–Crippen LogP) is 3.34. The van der Waals surface area contributed by atoms with E-state index in [-0.39, 0.29) is 30.4 Å². The smallest absolute Gasteiger partial charge is 0.231 e. The van der Waals surface area contributed by atoms with Crippen molar-refractivity contribution in [3.63, 3.8) is 0 Å². The SMILES string of the molecule is O=S1(=O)C[C@@H]2[C@@H](C1)N=C(SCc1ccc(Cl)cc1)N2c1ccc2c(c1)OCO2. The minimum absolute atomic E-state index is 0.101. The van der Waals surface area contributed by atoms with Crippen LogP contribution in [0.5, 0.6) is 11.5 Å². The molecule has 0 unspecified atom stereocenters. The van der Waals surface area contributed by atoms with Gasteiger partial charge in [-0.3, -0.25) is 4.99 Å². The molecule has 0 aliphatic carbocycles. The zero-order valence-electron chi connectivity index (χ0n) is 14.7. The third-order valence-corrected chi connectivity index (χ3v) is 8.01. The predicted molar refractivity (Wildman–Crippen MR) is 111 cm³/mol. The third-order valence-electron chi connectivity index (χ3n) is 5.02. The summed E-state index contributed by atoms with van der Waals surface area (Å²) in [4.78, 5) is 6.80. The summed E-state index contributed by atoms with van der Waals surface area (Å²) in [5.41, 5.74) is 2.00. The Morgan fingerprint density at radius 2 is 1.89 bits per heavy atom. The van der Waals surface area contributed by atoms with Crippen LogP contribution in [0.4, 0.5) is 5.69 Å². The highest BCUT2D eigenvalue weighted by atomic mass is 35.5. The van der Waals surface area contributed by atoms with Crippen LogP contribution in [0.25, 0.3) is 0 Å². The molecule has 2 atom stereocenters. The molecule has 0 saturated carbocycles. The van der Waals surface area contributed by atoms with Crippen molar-refractivity contribution in [3.05, 3.63) is 53.1 Å². The summed E-state index contributed by atoms with van der Waals surface area (Å²) < 4.78 is 35.2. The van der Waals surface area contributed by atoms with Crippen LogP contribution in [-0.4, -0.2) is 44.0 Å². The quantitative estimate of drug-likeness (QED) is 0.735. The van der Waals surface area contributed by atoms with E-state index in [0.717, 1.165) is 22.2 Å². The van der Waals surface area contributed by atoms with Crippen LogP contribution in [0, 0.1) is 0 Å². The molecule has 2 aromatic rings. The Hall–Kier alpha value is -1.90. The molecule has 3 aliphatic rings. The highest BCUT2D eigenvalue weighted by Gasteiger charge is 2.47. The van der Waals surface area contributed by atoms with Crippen molar-refractivity contribution < 1.29 is 17.9 Å². The number of halogens is 1. The van der Waals surface area contributed by atoms with E-state index >= 15 is 0 Å². The number of hydrogen-bond acceptors (Lipinski definition) is 7.